The van der Waals surface area contributed by atoms with Gasteiger partial charge in [0.25, 0.3) is 5.22 Å². The molecule has 168 valence electrons. The van der Waals surface area contributed by atoms with Crippen LogP contribution in [0.5, 0.6) is 0 Å². The fourth-order valence-electron chi connectivity index (χ4n) is 3.38. The third kappa shape index (κ3) is 5.20. The normalized spacial score (nSPS) is 14.5. The minimum atomic E-state index is -3.46. The second-order valence-electron chi connectivity index (χ2n) is 7.40. The summed E-state index contributed by atoms with van der Waals surface area (Å²) in [6, 6.07) is 14.1. The molecule has 1 aromatic heterocycles. The topological polar surface area (TPSA) is 105 Å². The molecule has 1 aliphatic rings. The zero-order chi connectivity index (χ0) is 22.6. The minimum absolute atomic E-state index is 0.129. The van der Waals surface area contributed by atoms with Crippen molar-refractivity contribution in [1.29, 1.82) is 0 Å². The van der Waals surface area contributed by atoms with E-state index in [0.717, 1.165) is 36.7 Å². The van der Waals surface area contributed by atoms with Crippen molar-refractivity contribution >= 4 is 33.4 Å². The summed E-state index contributed by atoms with van der Waals surface area (Å²) >= 11 is 1.14. The number of rotatable bonds is 8. The number of sulfonamides is 1. The van der Waals surface area contributed by atoms with Gasteiger partial charge in [-0.05, 0) is 61.2 Å². The van der Waals surface area contributed by atoms with Gasteiger partial charge in [-0.1, -0.05) is 30.8 Å². The quantitative estimate of drug-likeness (QED) is 0.497. The molecule has 8 nitrogen and oxygen atoms in total. The van der Waals surface area contributed by atoms with E-state index >= 15 is 0 Å². The van der Waals surface area contributed by atoms with E-state index in [4.69, 9.17) is 4.42 Å². The molecule has 1 aliphatic heterocycles. The first-order chi connectivity index (χ1) is 15.5. The van der Waals surface area contributed by atoms with Gasteiger partial charge in [0, 0.05) is 24.3 Å². The smallest absolute Gasteiger partial charge is 0.277 e. The van der Waals surface area contributed by atoms with Gasteiger partial charge in [-0.3, -0.25) is 4.79 Å². The van der Waals surface area contributed by atoms with Crippen molar-refractivity contribution in [2.45, 2.75) is 36.3 Å². The summed E-state index contributed by atoms with van der Waals surface area (Å²) in [6.07, 6.45) is 2.73. The van der Waals surface area contributed by atoms with Gasteiger partial charge < -0.3 is 9.73 Å². The number of aryl methyl sites for hydroxylation is 1. The molecular formula is C22H24N4O4S2. The maximum Gasteiger partial charge on any atom is 0.277 e. The number of hydrogen-bond donors (Lipinski definition) is 1. The Labute approximate surface area is 191 Å². The molecule has 32 heavy (non-hydrogen) atoms. The maximum atomic E-state index is 12.6. The molecule has 10 heteroatoms. The van der Waals surface area contributed by atoms with E-state index < -0.39 is 10.0 Å². The molecule has 0 radical (unpaired) electrons. The van der Waals surface area contributed by atoms with Crippen molar-refractivity contribution in [3.8, 4) is 11.5 Å². The molecular weight excluding hydrogens is 448 g/mol. The Morgan fingerprint density at radius 1 is 1.06 bits per heavy atom. The average Bonchev–Trinajstić information content (AvgIpc) is 3.51. The third-order valence-electron chi connectivity index (χ3n) is 5.18. The van der Waals surface area contributed by atoms with Gasteiger partial charge >= 0.3 is 0 Å². The van der Waals surface area contributed by atoms with Crippen LogP contribution < -0.4 is 5.32 Å². The summed E-state index contributed by atoms with van der Waals surface area (Å²) in [5, 5.41) is 11.1. The van der Waals surface area contributed by atoms with E-state index in [2.05, 4.69) is 22.4 Å². The summed E-state index contributed by atoms with van der Waals surface area (Å²) in [6.45, 7) is 3.20. The van der Waals surface area contributed by atoms with Crippen molar-refractivity contribution in [3.05, 3.63) is 54.1 Å². The van der Waals surface area contributed by atoms with Crippen molar-refractivity contribution in [3.63, 3.8) is 0 Å². The van der Waals surface area contributed by atoms with Crippen molar-refractivity contribution in [1.82, 2.24) is 14.5 Å². The number of carbonyl (C=O) groups is 1. The van der Waals surface area contributed by atoms with Gasteiger partial charge in [-0.2, -0.15) is 4.31 Å². The molecule has 1 saturated heterocycles. The predicted molar refractivity (Wildman–Crippen MR) is 123 cm³/mol. The number of amides is 1. The molecule has 0 bridgehead atoms. The molecule has 1 N–H and O–H groups in total. The summed E-state index contributed by atoms with van der Waals surface area (Å²) in [5.74, 6) is 0.230. The van der Waals surface area contributed by atoms with Crippen LogP contribution in [0.1, 0.15) is 25.3 Å². The number of hydrogen-bond acceptors (Lipinski definition) is 7. The molecule has 1 fully saturated rings. The molecule has 2 aromatic carbocycles. The summed E-state index contributed by atoms with van der Waals surface area (Å²) in [7, 11) is -3.46. The summed E-state index contributed by atoms with van der Waals surface area (Å²) in [5.41, 5.74) is 2.56. The number of anilines is 1. The zero-order valence-corrected chi connectivity index (χ0v) is 19.3. The Bertz CT molecular complexity index is 1170. The number of nitrogens with one attached hydrogen (secondary N) is 1. The second-order valence-corrected chi connectivity index (χ2v) is 10.3. The van der Waals surface area contributed by atoms with Crippen LogP contribution in [0.3, 0.4) is 0 Å². The monoisotopic (exact) mass is 472 g/mol. The first kappa shape index (κ1) is 22.5. The van der Waals surface area contributed by atoms with E-state index in [-0.39, 0.29) is 27.7 Å². The molecule has 4 rings (SSSR count). The highest BCUT2D eigenvalue weighted by molar-refractivity contribution is 7.99. The first-order valence-corrected chi connectivity index (χ1v) is 12.8. The largest absolute Gasteiger partial charge is 0.411 e. The lowest BCUT2D eigenvalue weighted by Gasteiger charge is -2.15. The van der Waals surface area contributed by atoms with E-state index in [1.54, 1.807) is 24.3 Å². The fourth-order valence-corrected chi connectivity index (χ4v) is 5.46. The van der Waals surface area contributed by atoms with E-state index in [1.807, 2.05) is 24.3 Å². The van der Waals surface area contributed by atoms with Crippen LogP contribution in [-0.2, 0) is 21.2 Å². The lowest BCUT2D eigenvalue weighted by atomic mass is 10.1. The maximum absolute atomic E-state index is 12.6. The van der Waals surface area contributed by atoms with Crippen LogP contribution in [0, 0.1) is 0 Å². The second kappa shape index (κ2) is 9.85. The Hall–Kier alpha value is -2.69. The van der Waals surface area contributed by atoms with Crippen LogP contribution in [0.2, 0.25) is 0 Å². The van der Waals surface area contributed by atoms with E-state index in [9.17, 15) is 13.2 Å². The van der Waals surface area contributed by atoms with Crippen LogP contribution in [0.4, 0.5) is 5.69 Å². The Morgan fingerprint density at radius 2 is 1.75 bits per heavy atom. The van der Waals surface area contributed by atoms with Gasteiger partial charge in [0.05, 0.1) is 10.6 Å². The molecule has 3 aromatic rings. The standard InChI is InChI=1S/C22H24N4O4S2/c1-2-16-5-9-18(10-6-16)23-20(27)15-31-22-25-24-21(30-22)17-7-11-19(12-8-17)32(28,29)26-13-3-4-14-26/h5-12H,2-4,13-15H2,1H3,(H,23,27). The number of carbonyl (C=O) groups excluding carboxylic acids is 1. The molecule has 0 unspecified atom stereocenters. The van der Waals surface area contributed by atoms with Gasteiger partial charge in [-0.25, -0.2) is 8.42 Å². The number of thioether (sulfide) groups is 1. The molecule has 1 amide bonds. The lowest BCUT2D eigenvalue weighted by Crippen LogP contribution is -2.27. The molecule has 0 spiro atoms. The van der Waals surface area contributed by atoms with Crippen molar-refractivity contribution in [2.24, 2.45) is 0 Å². The molecule has 0 aliphatic carbocycles. The Kier molecular flexibility index (Phi) is 6.92. The average molecular weight is 473 g/mol. The van der Waals surface area contributed by atoms with Crippen LogP contribution in [0.25, 0.3) is 11.5 Å². The van der Waals surface area contributed by atoms with E-state index in [1.165, 1.54) is 9.87 Å². The third-order valence-corrected chi connectivity index (χ3v) is 7.91. The summed E-state index contributed by atoms with van der Waals surface area (Å²) in [4.78, 5) is 12.4. The highest BCUT2D eigenvalue weighted by Crippen LogP contribution is 2.26. The Morgan fingerprint density at radius 3 is 2.41 bits per heavy atom. The van der Waals surface area contributed by atoms with Crippen LogP contribution in [0.15, 0.2) is 63.1 Å². The first-order valence-electron chi connectivity index (χ1n) is 10.4. The van der Waals surface area contributed by atoms with E-state index in [0.29, 0.717) is 18.7 Å². The van der Waals surface area contributed by atoms with Gasteiger partial charge in [-0.15, -0.1) is 10.2 Å². The van der Waals surface area contributed by atoms with Gasteiger partial charge in [0.15, 0.2) is 0 Å². The lowest BCUT2D eigenvalue weighted by molar-refractivity contribution is -0.113. The SMILES string of the molecule is CCc1ccc(NC(=O)CSc2nnc(-c3ccc(S(=O)(=O)N4CCCC4)cc3)o2)cc1. The van der Waals surface area contributed by atoms with Crippen molar-refractivity contribution < 1.29 is 17.6 Å². The van der Waals surface area contributed by atoms with Gasteiger partial charge in [0.1, 0.15) is 0 Å². The van der Waals surface area contributed by atoms with Crippen LogP contribution in [-0.4, -0.2) is 47.7 Å². The predicted octanol–water partition coefficient (Wildman–Crippen LogP) is 3.81. The zero-order valence-electron chi connectivity index (χ0n) is 17.7. The molecule has 0 atom stereocenters. The highest BCUT2D eigenvalue weighted by atomic mass is 32.2. The minimum Gasteiger partial charge on any atom is -0.411 e. The molecule has 2 heterocycles. The number of nitrogens with zero attached hydrogens (tertiary/aromatic N) is 3. The fraction of sp³-hybridized carbons (Fsp3) is 0.318. The number of benzene rings is 2. The molecule has 0 saturated carbocycles. The van der Waals surface area contributed by atoms with Gasteiger partial charge in [0.2, 0.25) is 21.8 Å². The highest BCUT2D eigenvalue weighted by Gasteiger charge is 2.27. The number of aromatic nitrogens is 2. The van der Waals surface area contributed by atoms with Crippen LogP contribution >= 0.6 is 11.8 Å². The Balaban J connectivity index is 1.34. The van der Waals surface area contributed by atoms with Crippen molar-refractivity contribution in [2.75, 3.05) is 24.2 Å². The summed E-state index contributed by atoms with van der Waals surface area (Å²) < 4.78 is 32.4.